The molecule has 0 spiro atoms. The smallest absolute Gasteiger partial charge is 0.408 e. The highest BCUT2D eigenvalue weighted by Crippen LogP contribution is 2.16. The van der Waals surface area contributed by atoms with Crippen LogP contribution in [0.1, 0.15) is 47.1 Å². The largest absolute Gasteiger partial charge is 0.497 e. The lowest BCUT2D eigenvalue weighted by Gasteiger charge is -2.26. The fraction of sp³-hybridized carbons (Fsp3) is 0.579. The molecule has 1 rings (SSSR count). The van der Waals surface area contributed by atoms with E-state index in [1.165, 1.54) is 0 Å². The van der Waals surface area contributed by atoms with Crippen molar-refractivity contribution in [2.45, 2.75) is 65.2 Å². The summed E-state index contributed by atoms with van der Waals surface area (Å²) in [5.74, 6) is 0.166. The number of esters is 1. The number of amides is 1. The quantitative estimate of drug-likeness (QED) is 0.822. The highest BCUT2D eigenvalue weighted by molar-refractivity contribution is 5.82. The predicted molar refractivity (Wildman–Crippen MR) is 95.7 cm³/mol. The van der Waals surface area contributed by atoms with Crippen molar-refractivity contribution in [3.8, 4) is 5.75 Å². The van der Waals surface area contributed by atoms with E-state index in [0.717, 1.165) is 5.56 Å². The maximum Gasteiger partial charge on any atom is 0.408 e. The van der Waals surface area contributed by atoms with Crippen LogP contribution in [0.15, 0.2) is 24.3 Å². The molecule has 0 radical (unpaired) electrons. The van der Waals surface area contributed by atoms with Crippen LogP contribution in [0.4, 0.5) is 4.79 Å². The van der Waals surface area contributed by atoms with E-state index in [-0.39, 0.29) is 6.42 Å². The lowest BCUT2D eigenvalue weighted by molar-refractivity contribution is -0.157. The summed E-state index contributed by atoms with van der Waals surface area (Å²) in [6, 6.07) is 6.45. The Bertz CT molecular complexity index is 599. The number of nitrogens with one attached hydrogen (secondary N) is 1. The molecular formula is C19H29NO5. The zero-order valence-corrected chi connectivity index (χ0v) is 16.1. The van der Waals surface area contributed by atoms with Crippen LogP contribution in [0, 0.1) is 0 Å². The maximum absolute atomic E-state index is 12.5. The second kappa shape index (κ2) is 8.23. The Hall–Kier alpha value is -2.24. The zero-order valence-electron chi connectivity index (χ0n) is 16.1. The molecule has 140 valence electrons. The van der Waals surface area contributed by atoms with Gasteiger partial charge < -0.3 is 19.5 Å². The van der Waals surface area contributed by atoms with Crippen molar-refractivity contribution in [3.63, 3.8) is 0 Å². The van der Waals surface area contributed by atoms with Crippen LogP contribution in [0.25, 0.3) is 0 Å². The second-order valence-corrected chi connectivity index (χ2v) is 7.79. The number of carbonyl (C=O) groups excluding carboxylic acids is 2. The minimum absolute atomic E-state index is 0.269. The van der Waals surface area contributed by atoms with Crippen molar-refractivity contribution >= 4 is 12.1 Å². The molecule has 0 saturated heterocycles. The van der Waals surface area contributed by atoms with Crippen LogP contribution in [-0.2, 0) is 20.7 Å². The number of alkyl carbamates (subject to hydrolysis) is 1. The first-order chi connectivity index (χ1) is 11.4. The van der Waals surface area contributed by atoms with Gasteiger partial charge in [-0.05, 0) is 59.2 Å². The second-order valence-electron chi connectivity index (χ2n) is 7.79. The minimum atomic E-state index is -0.860. The van der Waals surface area contributed by atoms with Gasteiger partial charge in [0.2, 0.25) is 0 Å². The van der Waals surface area contributed by atoms with Gasteiger partial charge in [-0.25, -0.2) is 9.59 Å². The van der Waals surface area contributed by atoms with Gasteiger partial charge in [-0.1, -0.05) is 12.1 Å². The molecule has 1 amide bonds. The SMILES string of the molecule is COc1cccc(CC(NC(=O)OC(C)(C)C)C(=O)OC(C)(C)C)c1. The Balaban J connectivity index is 2.93. The predicted octanol–water partition coefficient (Wildman–Crippen LogP) is 3.47. The summed E-state index contributed by atoms with van der Waals surface area (Å²) in [4.78, 5) is 24.6. The van der Waals surface area contributed by atoms with Crippen molar-refractivity contribution in [3.05, 3.63) is 29.8 Å². The Labute approximate surface area is 149 Å². The van der Waals surface area contributed by atoms with Crippen molar-refractivity contribution in [2.75, 3.05) is 7.11 Å². The third-order valence-corrected chi connectivity index (χ3v) is 2.96. The van der Waals surface area contributed by atoms with Crippen LogP contribution < -0.4 is 10.1 Å². The van der Waals surface area contributed by atoms with Gasteiger partial charge in [-0.15, -0.1) is 0 Å². The van der Waals surface area contributed by atoms with Gasteiger partial charge in [0.1, 0.15) is 23.0 Å². The van der Waals surface area contributed by atoms with Gasteiger partial charge in [0, 0.05) is 6.42 Å². The van der Waals surface area contributed by atoms with Crippen LogP contribution in [0.2, 0.25) is 0 Å². The first kappa shape index (κ1) is 20.8. The molecule has 1 unspecified atom stereocenters. The summed E-state index contributed by atoms with van der Waals surface area (Å²) in [6.07, 6.45) is -0.392. The highest BCUT2D eigenvalue weighted by atomic mass is 16.6. The summed E-state index contributed by atoms with van der Waals surface area (Å²) in [7, 11) is 1.57. The molecule has 6 nitrogen and oxygen atoms in total. The number of methoxy groups -OCH3 is 1. The fourth-order valence-corrected chi connectivity index (χ4v) is 2.05. The molecule has 0 aliphatic rings. The standard InChI is InChI=1S/C19H29NO5/c1-18(2,3)24-16(21)15(20-17(22)25-19(4,5)6)12-13-9-8-10-14(11-13)23-7/h8-11,15H,12H2,1-7H3,(H,20,22). The third kappa shape index (κ3) is 8.42. The van der Waals surface area contributed by atoms with Crippen LogP contribution in [0.5, 0.6) is 5.75 Å². The third-order valence-electron chi connectivity index (χ3n) is 2.96. The van der Waals surface area contributed by atoms with Gasteiger partial charge in [0.05, 0.1) is 7.11 Å². The first-order valence-electron chi connectivity index (χ1n) is 8.25. The van der Waals surface area contributed by atoms with Gasteiger partial charge in [0.25, 0.3) is 0 Å². The summed E-state index contributed by atoms with van der Waals surface area (Å²) < 4.78 is 15.9. The minimum Gasteiger partial charge on any atom is -0.497 e. The Morgan fingerprint density at radius 3 is 2.16 bits per heavy atom. The van der Waals surface area contributed by atoms with Crippen molar-refractivity contribution in [2.24, 2.45) is 0 Å². The van der Waals surface area contributed by atoms with Crippen LogP contribution in [0.3, 0.4) is 0 Å². The molecular weight excluding hydrogens is 322 g/mol. The average molecular weight is 351 g/mol. The van der Waals surface area contributed by atoms with E-state index < -0.39 is 29.3 Å². The summed E-state index contributed by atoms with van der Waals surface area (Å²) in [5.41, 5.74) is -0.469. The Kier molecular flexibility index (Phi) is 6.85. The van der Waals surface area contributed by atoms with E-state index in [4.69, 9.17) is 14.2 Å². The Morgan fingerprint density at radius 1 is 1.04 bits per heavy atom. The number of ether oxygens (including phenoxy) is 3. The lowest BCUT2D eigenvalue weighted by atomic mass is 10.1. The van der Waals surface area contributed by atoms with Crippen LogP contribution >= 0.6 is 0 Å². The summed E-state index contributed by atoms with van der Waals surface area (Å²) in [5, 5.41) is 2.61. The summed E-state index contributed by atoms with van der Waals surface area (Å²) >= 11 is 0. The molecule has 6 heteroatoms. The molecule has 0 aromatic heterocycles. The van der Waals surface area contributed by atoms with Crippen LogP contribution in [-0.4, -0.2) is 36.4 Å². The topological polar surface area (TPSA) is 73.9 Å². The van der Waals surface area contributed by atoms with E-state index in [0.29, 0.717) is 5.75 Å². The molecule has 0 heterocycles. The van der Waals surface area contributed by atoms with Gasteiger partial charge in [-0.2, -0.15) is 0 Å². The molecule has 1 N–H and O–H groups in total. The molecule has 25 heavy (non-hydrogen) atoms. The molecule has 0 aliphatic heterocycles. The molecule has 0 fully saturated rings. The monoisotopic (exact) mass is 351 g/mol. The van der Waals surface area contributed by atoms with Gasteiger partial charge >= 0.3 is 12.1 Å². The van der Waals surface area contributed by atoms with Crippen molar-refractivity contribution < 1.29 is 23.8 Å². The molecule has 0 saturated carbocycles. The normalized spacial score (nSPS) is 12.9. The zero-order chi connectivity index (χ0) is 19.3. The van der Waals surface area contributed by atoms with E-state index >= 15 is 0 Å². The van der Waals surface area contributed by atoms with Crippen molar-refractivity contribution in [1.29, 1.82) is 0 Å². The summed E-state index contributed by atoms with van der Waals surface area (Å²) in [6.45, 7) is 10.6. The van der Waals surface area contributed by atoms with E-state index in [2.05, 4.69) is 5.32 Å². The number of benzene rings is 1. The molecule has 1 aromatic carbocycles. The van der Waals surface area contributed by atoms with Crippen molar-refractivity contribution in [1.82, 2.24) is 5.32 Å². The number of carbonyl (C=O) groups is 2. The van der Waals surface area contributed by atoms with Gasteiger partial charge in [-0.3, -0.25) is 0 Å². The van der Waals surface area contributed by atoms with E-state index in [9.17, 15) is 9.59 Å². The Morgan fingerprint density at radius 2 is 1.64 bits per heavy atom. The van der Waals surface area contributed by atoms with Gasteiger partial charge in [0.15, 0.2) is 0 Å². The number of hydrogen-bond acceptors (Lipinski definition) is 5. The van der Waals surface area contributed by atoms with E-state index in [1.54, 1.807) is 48.7 Å². The fourth-order valence-electron chi connectivity index (χ4n) is 2.05. The number of rotatable bonds is 5. The van der Waals surface area contributed by atoms with E-state index in [1.807, 2.05) is 24.3 Å². The maximum atomic E-state index is 12.5. The highest BCUT2D eigenvalue weighted by Gasteiger charge is 2.29. The average Bonchev–Trinajstić information content (AvgIpc) is 2.43. The molecule has 1 aromatic rings. The lowest BCUT2D eigenvalue weighted by Crippen LogP contribution is -2.47. The molecule has 1 atom stereocenters. The molecule has 0 bridgehead atoms. The first-order valence-corrected chi connectivity index (χ1v) is 8.25. The number of hydrogen-bond donors (Lipinski definition) is 1. The molecule has 0 aliphatic carbocycles.